The summed E-state index contributed by atoms with van der Waals surface area (Å²) in [6.07, 6.45) is -1.12. The molecule has 37 heavy (non-hydrogen) atoms. The minimum atomic E-state index is -1.43. The Kier molecular flexibility index (Phi) is 7.54. The maximum absolute atomic E-state index is 14.9. The summed E-state index contributed by atoms with van der Waals surface area (Å²) in [4.78, 5) is 30.8. The predicted molar refractivity (Wildman–Crippen MR) is 137 cm³/mol. The zero-order valence-corrected chi connectivity index (χ0v) is 22.1. The molecule has 1 aliphatic rings. The highest BCUT2D eigenvalue weighted by Crippen LogP contribution is 2.30. The van der Waals surface area contributed by atoms with Gasteiger partial charge in [-0.25, -0.2) is 24.1 Å². The van der Waals surface area contributed by atoms with Gasteiger partial charge in [0.1, 0.15) is 34.9 Å². The molecular formula is C25H28FN7O3S. The van der Waals surface area contributed by atoms with E-state index in [1.165, 1.54) is 22.6 Å². The molecule has 12 heteroatoms. The number of ether oxygens (including phenoxy) is 2. The number of carbonyl (C=O) groups excluding carboxylic acids is 1. The maximum atomic E-state index is 14.9. The van der Waals surface area contributed by atoms with Gasteiger partial charge in [-0.05, 0) is 52.8 Å². The van der Waals surface area contributed by atoms with E-state index in [0.29, 0.717) is 23.9 Å². The third-order valence-corrected chi connectivity index (χ3v) is 6.46. The van der Waals surface area contributed by atoms with E-state index >= 15 is 0 Å². The second-order valence-electron chi connectivity index (χ2n) is 9.62. The monoisotopic (exact) mass is 525 g/mol. The molecule has 2 atom stereocenters. The molecule has 194 valence electrons. The number of aromatic nitrogens is 4. The van der Waals surface area contributed by atoms with Crippen molar-refractivity contribution in [2.24, 2.45) is 0 Å². The zero-order chi connectivity index (χ0) is 26.7. The molecule has 3 heterocycles. The first-order chi connectivity index (χ1) is 17.5. The Morgan fingerprint density at radius 3 is 2.70 bits per heavy atom. The molecular weight excluding hydrogens is 497 g/mol. The van der Waals surface area contributed by atoms with Gasteiger partial charge in [0.05, 0.1) is 22.8 Å². The number of hydrogen-bond acceptors (Lipinski definition) is 10. The summed E-state index contributed by atoms with van der Waals surface area (Å²) in [5.74, 6) is 0.980. The highest BCUT2D eigenvalue weighted by Gasteiger charge is 2.35. The van der Waals surface area contributed by atoms with Crippen LogP contribution in [0.15, 0.2) is 24.5 Å². The molecule has 1 N–H and O–H groups in total. The lowest BCUT2D eigenvalue weighted by Gasteiger charge is -2.35. The number of likely N-dealkylation sites (tertiary alicyclic amines) is 1. The van der Waals surface area contributed by atoms with Gasteiger partial charge >= 0.3 is 6.09 Å². The average Bonchev–Trinajstić information content (AvgIpc) is 3.15. The Hall–Kier alpha value is -3.85. The van der Waals surface area contributed by atoms with E-state index in [2.05, 4.69) is 31.3 Å². The van der Waals surface area contributed by atoms with Crippen LogP contribution in [0, 0.1) is 25.2 Å². The Balaban J connectivity index is 1.45. The van der Waals surface area contributed by atoms with Crippen LogP contribution in [0.3, 0.4) is 0 Å². The molecule has 0 radical (unpaired) electrons. The van der Waals surface area contributed by atoms with Crippen LogP contribution in [0.2, 0.25) is 0 Å². The number of nitrogens with one attached hydrogen (secondary N) is 1. The smallest absolute Gasteiger partial charge is 0.410 e. The van der Waals surface area contributed by atoms with Crippen LogP contribution in [0.5, 0.6) is 5.75 Å². The third kappa shape index (κ3) is 6.48. The highest BCUT2D eigenvalue weighted by molar-refractivity contribution is 7.15. The van der Waals surface area contributed by atoms with E-state index < -0.39 is 24.0 Å². The van der Waals surface area contributed by atoms with Crippen LogP contribution in [-0.2, 0) is 4.74 Å². The molecule has 0 saturated carbocycles. The van der Waals surface area contributed by atoms with Crippen LogP contribution in [0.4, 0.5) is 20.1 Å². The van der Waals surface area contributed by atoms with E-state index in [1.807, 2.05) is 13.8 Å². The second kappa shape index (κ2) is 10.6. The van der Waals surface area contributed by atoms with Gasteiger partial charge in [0.25, 0.3) is 0 Å². The van der Waals surface area contributed by atoms with Crippen molar-refractivity contribution in [3.63, 3.8) is 0 Å². The largest absolute Gasteiger partial charge is 0.486 e. The molecule has 0 spiro atoms. The first-order valence-corrected chi connectivity index (χ1v) is 12.6. The Morgan fingerprint density at radius 1 is 1.27 bits per heavy atom. The van der Waals surface area contributed by atoms with Crippen molar-refractivity contribution in [2.45, 2.75) is 58.9 Å². The number of aryl methyl sites for hydroxylation is 2. The molecule has 0 bridgehead atoms. The summed E-state index contributed by atoms with van der Waals surface area (Å²) in [5.41, 5.74) is 1.00. The number of piperidine rings is 1. The quantitative estimate of drug-likeness (QED) is 0.492. The van der Waals surface area contributed by atoms with Gasteiger partial charge in [-0.2, -0.15) is 10.2 Å². The van der Waals surface area contributed by atoms with Gasteiger partial charge in [0, 0.05) is 18.5 Å². The third-order valence-electron chi connectivity index (χ3n) is 5.47. The second-order valence-corrected chi connectivity index (χ2v) is 10.8. The molecule has 0 unspecified atom stereocenters. The molecule has 1 aliphatic heterocycles. The van der Waals surface area contributed by atoms with Crippen molar-refractivity contribution in [3.05, 3.63) is 40.8 Å². The predicted octanol–water partition coefficient (Wildman–Crippen LogP) is 4.95. The lowest BCUT2D eigenvalue weighted by molar-refractivity contribution is -0.0106. The van der Waals surface area contributed by atoms with E-state index in [1.54, 1.807) is 39.0 Å². The fourth-order valence-corrected chi connectivity index (χ4v) is 4.59. The summed E-state index contributed by atoms with van der Waals surface area (Å²) in [5, 5.41) is 14.6. The number of nitrogens with zero attached hydrogens (tertiary/aromatic N) is 6. The topological polar surface area (TPSA) is 126 Å². The summed E-state index contributed by atoms with van der Waals surface area (Å²) in [7, 11) is 0. The van der Waals surface area contributed by atoms with Crippen LogP contribution in [-0.4, -0.2) is 61.9 Å². The van der Waals surface area contributed by atoms with E-state index in [-0.39, 0.29) is 24.3 Å². The first kappa shape index (κ1) is 26.2. The molecule has 1 fully saturated rings. The lowest BCUT2D eigenvalue weighted by Crippen LogP contribution is -2.50. The number of hydrogen-bond donors (Lipinski definition) is 1. The summed E-state index contributed by atoms with van der Waals surface area (Å²) in [6, 6.07) is 7.01. The Labute approximate surface area is 218 Å². The van der Waals surface area contributed by atoms with Crippen molar-refractivity contribution < 1.29 is 18.7 Å². The molecule has 1 amide bonds. The summed E-state index contributed by atoms with van der Waals surface area (Å²) >= 11 is 1.50. The molecule has 10 nitrogen and oxygen atoms in total. The number of alkyl halides is 1. The molecule has 2 aromatic heterocycles. The lowest BCUT2D eigenvalue weighted by atomic mass is 10.1. The molecule has 1 saturated heterocycles. The fourth-order valence-electron chi connectivity index (χ4n) is 3.78. The van der Waals surface area contributed by atoms with Gasteiger partial charge < -0.3 is 19.7 Å². The van der Waals surface area contributed by atoms with Crippen molar-refractivity contribution in [2.75, 3.05) is 18.4 Å². The molecule has 1 aromatic carbocycles. The SMILES string of the molecule is Cc1nc(C)c(Nc2ncnc(-c3ccc(O[C@H]4CCN(C(=O)OC(C)(C)C)C[C@H]4F)c(C#N)c3)n2)s1. The molecule has 3 aromatic rings. The highest BCUT2D eigenvalue weighted by atomic mass is 32.1. The van der Waals surface area contributed by atoms with Gasteiger partial charge in [0.2, 0.25) is 5.95 Å². The first-order valence-electron chi connectivity index (χ1n) is 11.8. The van der Waals surface area contributed by atoms with Gasteiger partial charge in [-0.15, -0.1) is 11.3 Å². The normalized spacial score (nSPS) is 17.7. The minimum Gasteiger partial charge on any atom is -0.486 e. The van der Waals surface area contributed by atoms with Crippen LogP contribution < -0.4 is 10.1 Å². The molecule has 4 rings (SSSR count). The van der Waals surface area contributed by atoms with Gasteiger partial charge in [-0.3, -0.25) is 0 Å². The molecule has 0 aliphatic carbocycles. The van der Waals surface area contributed by atoms with Crippen LogP contribution >= 0.6 is 11.3 Å². The van der Waals surface area contributed by atoms with Crippen molar-refractivity contribution in [3.8, 4) is 23.2 Å². The van der Waals surface area contributed by atoms with E-state index in [4.69, 9.17) is 9.47 Å². The summed E-state index contributed by atoms with van der Waals surface area (Å²) < 4.78 is 26.1. The average molecular weight is 526 g/mol. The van der Waals surface area contributed by atoms with Gasteiger partial charge in [-0.1, -0.05) is 0 Å². The number of benzene rings is 1. The number of rotatable bonds is 5. The van der Waals surface area contributed by atoms with Gasteiger partial charge in [0.15, 0.2) is 12.0 Å². The summed E-state index contributed by atoms with van der Waals surface area (Å²) in [6.45, 7) is 9.26. The van der Waals surface area contributed by atoms with E-state index in [0.717, 1.165) is 15.7 Å². The number of anilines is 2. The standard InChI is InChI=1S/C25H28FN7O3S/c1-14-22(37-15(2)30-14)32-23-29-13-28-21(31-23)16-6-7-19(17(10-16)11-27)35-20-8-9-33(12-18(20)26)24(34)36-25(3,4)5/h6-7,10,13,18,20H,8-9,12H2,1-5H3,(H,28,29,31,32)/t18-,20+/m1/s1. The van der Waals surface area contributed by atoms with E-state index in [9.17, 15) is 14.4 Å². The number of thiazole rings is 1. The number of nitriles is 1. The Morgan fingerprint density at radius 2 is 2.05 bits per heavy atom. The van der Waals surface area contributed by atoms with Crippen LogP contribution in [0.25, 0.3) is 11.4 Å². The van der Waals surface area contributed by atoms with Crippen molar-refractivity contribution in [1.29, 1.82) is 5.26 Å². The zero-order valence-electron chi connectivity index (χ0n) is 21.3. The number of carbonyl (C=O) groups is 1. The number of halogens is 1. The number of amides is 1. The fraction of sp³-hybridized carbons (Fsp3) is 0.440. The minimum absolute atomic E-state index is 0.140. The van der Waals surface area contributed by atoms with Crippen molar-refractivity contribution in [1.82, 2.24) is 24.8 Å². The van der Waals surface area contributed by atoms with Crippen LogP contribution in [0.1, 0.15) is 43.5 Å². The maximum Gasteiger partial charge on any atom is 0.410 e. The van der Waals surface area contributed by atoms with Crippen molar-refractivity contribution >= 4 is 28.4 Å². The Bertz CT molecular complexity index is 1330.